The first-order valence-electron chi connectivity index (χ1n) is 10.4. The molecule has 0 aliphatic carbocycles. The van der Waals surface area contributed by atoms with E-state index in [4.69, 9.17) is 8.94 Å². The van der Waals surface area contributed by atoms with E-state index in [-0.39, 0.29) is 17.7 Å². The minimum absolute atomic E-state index is 0.00613. The molecule has 0 N–H and O–H groups in total. The fraction of sp³-hybridized carbons (Fsp3) is 0.391. The summed E-state index contributed by atoms with van der Waals surface area (Å²) in [5.41, 5.74) is 4.29. The third kappa shape index (κ3) is 3.14. The molecule has 1 amide bonds. The van der Waals surface area contributed by atoms with Gasteiger partial charge in [0.1, 0.15) is 5.52 Å². The molecule has 1 aromatic carbocycles. The van der Waals surface area contributed by atoms with E-state index in [9.17, 15) is 4.79 Å². The molecule has 0 atom stereocenters. The van der Waals surface area contributed by atoms with Gasteiger partial charge in [-0.3, -0.25) is 4.79 Å². The predicted octanol–water partition coefficient (Wildman–Crippen LogP) is 4.82. The summed E-state index contributed by atoms with van der Waals surface area (Å²) in [5, 5.41) is 4.74. The van der Waals surface area contributed by atoms with Crippen LogP contribution in [-0.4, -0.2) is 39.0 Å². The molecule has 5 rings (SSSR count). The van der Waals surface area contributed by atoms with Crippen LogP contribution in [-0.2, 0) is 0 Å². The van der Waals surface area contributed by atoms with Crippen LogP contribution in [0.5, 0.6) is 0 Å². The maximum absolute atomic E-state index is 13.4. The Morgan fingerprint density at radius 2 is 1.93 bits per heavy atom. The lowest BCUT2D eigenvalue weighted by Gasteiger charge is -2.31. The van der Waals surface area contributed by atoms with Crippen molar-refractivity contribution in [3.05, 3.63) is 53.2 Å². The van der Waals surface area contributed by atoms with Crippen molar-refractivity contribution in [2.75, 3.05) is 13.1 Å². The maximum Gasteiger partial charge on any atom is 0.259 e. The first-order valence-corrected chi connectivity index (χ1v) is 10.4. The van der Waals surface area contributed by atoms with Crippen LogP contribution in [0.25, 0.3) is 22.2 Å². The topological polar surface area (TPSA) is 85.3 Å². The summed E-state index contributed by atoms with van der Waals surface area (Å²) in [5.74, 6) is 1.19. The Morgan fingerprint density at radius 1 is 1.17 bits per heavy atom. The van der Waals surface area contributed by atoms with Crippen molar-refractivity contribution in [3.8, 4) is 0 Å². The Labute approximate surface area is 174 Å². The highest BCUT2D eigenvalue weighted by atomic mass is 16.5. The first kappa shape index (κ1) is 18.8. The molecule has 154 valence electrons. The number of amides is 1. The van der Waals surface area contributed by atoms with Crippen LogP contribution >= 0.6 is 0 Å². The number of carbonyl (C=O) groups is 1. The van der Waals surface area contributed by atoms with E-state index < -0.39 is 0 Å². The van der Waals surface area contributed by atoms with Crippen LogP contribution in [0.4, 0.5) is 0 Å². The summed E-state index contributed by atoms with van der Waals surface area (Å²) in [6, 6.07) is 9.71. The normalized spacial score (nSPS) is 15.5. The number of para-hydroxylation sites is 2. The number of nitrogens with zero attached hydrogens (tertiary/aromatic N) is 4. The molecule has 1 aliphatic heterocycles. The summed E-state index contributed by atoms with van der Waals surface area (Å²) >= 11 is 0. The molecule has 0 saturated carbocycles. The summed E-state index contributed by atoms with van der Waals surface area (Å²) < 4.78 is 11.3. The Bertz CT molecular complexity index is 1200. The van der Waals surface area contributed by atoms with E-state index in [0.29, 0.717) is 35.4 Å². The van der Waals surface area contributed by atoms with Gasteiger partial charge in [0.2, 0.25) is 0 Å². The lowest BCUT2D eigenvalue weighted by Crippen LogP contribution is -2.38. The largest absolute Gasteiger partial charge is 0.440 e. The standard InChI is InChI=1S/C23H24N4O3/c1-13(2)18-12-16(20-14(3)26-30-22(20)25-18)23(28)27-10-8-15(9-11-27)21-24-17-6-4-5-7-19(17)29-21/h4-7,12-13,15H,8-11H2,1-3H3. The molecule has 7 nitrogen and oxygen atoms in total. The second-order valence-electron chi connectivity index (χ2n) is 8.28. The number of benzene rings is 1. The Kier molecular flexibility index (Phi) is 4.53. The second kappa shape index (κ2) is 7.23. The van der Waals surface area contributed by atoms with Gasteiger partial charge in [-0.15, -0.1) is 0 Å². The minimum Gasteiger partial charge on any atom is -0.440 e. The Morgan fingerprint density at radius 3 is 2.67 bits per heavy atom. The van der Waals surface area contributed by atoms with Crippen LogP contribution in [0.1, 0.15) is 66.2 Å². The number of oxazole rings is 1. The van der Waals surface area contributed by atoms with E-state index >= 15 is 0 Å². The molecule has 0 spiro atoms. The number of aromatic nitrogens is 3. The molecule has 4 heterocycles. The minimum atomic E-state index is 0.00613. The number of rotatable bonds is 3. The molecule has 0 unspecified atom stereocenters. The highest BCUT2D eigenvalue weighted by Crippen LogP contribution is 2.32. The molecule has 3 aromatic heterocycles. The highest BCUT2D eigenvalue weighted by molar-refractivity contribution is 6.06. The van der Waals surface area contributed by atoms with Crippen molar-refractivity contribution >= 4 is 28.1 Å². The fourth-order valence-corrected chi connectivity index (χ4v) is 4.14. The lowest BCUT2D eigenvalue weighted by atomic mass is 9.95. The second-order valence-corrected chi connectivity index (χ2v) is 8.28. The third-order valence-electron chi connectivity index (χ3n) is 5.90. The number of pyridine rings is 1. The molecule has 1 fully saturated rings. The van der Waals surface area contributed by atoms with Crippen LogP contribution in [0.3, 0.4) is 0 Å². The van der Waals surface area contributed by atoms with Gasteiger partial charge in [-0.1, -0.05) is 31.1 Å². The summed E-state index contributed by atoms with van der Waals surface area (Å²) in [7, 11) is 0. The number of hydrogen-bond acceptors (Lipinski definition) is 6. The van der Waals surface area contributed by atoms with E-state index in [2.05, 4.69) is 29.0 Å². The molecule has 0 bridgehead atoms. The third-order valence-corrected chi connectivity index (χ3v) is 5.90. The van der Waals surface area contributed by atoms with Crippen LogP contribution < -0.4 is 0 Å². The van der Waals surface area contributed by atoms with E-state index in [1.807, 2.05) is 42.2 Å². The van der Waals surface area contributed by atoms with Gasteiger partial charge >= 0.3 is 0 Å². The van der Waals surface area contributed by atoms with E-state index in [1.165, 1.54) is 0 Å². The number of likely N-dealkylation sites (tertiary alicyclic amines) is 1. The monoisotopic (exact) mass is 404 g/mol. The number of hydrogen-bond donors (Lipinski definition) is 0. The zero-order valence-electron chi connectivity index (χ0n) is 17.4. The summed E-state index contributed by atoms with van der Waals surface area (Å²) in [6.45, 7) is 7.27. The molecule has 0 radical (unpaired) electrons. The SMILES string of the molecule is Cc1noc2nc(C(C)C)cc(C(=O)N3CCC(c4nc5ccccc5o4)CC3)c12. The molecule has 4 aromatic rings. The van der Waals surface area contributed by atoms with Gasteiger partial charge in [0.05, 0.1) is 16.6 Å². The number of aryl methyl sites for hydroxylation is 1. The van der Waals surface area contributed by atoms with Gasteiger partial charge < -0.3 is 13.8 Å². The quantitative estimate of drug-likeness (QED) is 0.487. The summed E-state index contributed by atoms with van der Waals surface area (Å²) in [4.78, 5) is 24.5. The zero-order chi connectivity index (χ0) is 20.8. The lowest BCUT2D eigenvalue weighted by molar-refractivity contribution is 0.0708. The average molecular weight is 404 g/mol. The van der Waals surface area contributed by atoms with Crippen molar-refractivity contribution in [1.29, 1.82) is 0 Å². The van der Waals surface area contributed by atoms with Gasteiger partial charge in [0.25, 0.3) is 11.6 Å². The smallest absolute Gasteiger partial charge is 0.259 e. The van der Waals surface area contributed by atoms with E-state index in [0.717, 1.165) is 35.5 Å². The predicted molar refractivity (Wildman–Crippen MR) is 113 cm³/mol. The van der Waals surface area contributed by atoms with Crippen molar-refractivity contribution < 1.29 is 13.7 Å². The number of piperidine rings is 1. The first-order chi connectivity index (χ1) is 14.5. The molecule has 7 heteroatoms. The molecule has 1 aliphatic rings. The van der Waals surface area contributed by atoms with Crippen molar-refractivity contribution in [3.63, 3.8) is 0 Å². The van der Waals surface area contributed by atoms with Gasteiger partial charge in [0.15, 0.2) is 11.5 Å². The van der Waals surface area contributed by atoms with Crippen LogP contribution in [0.2, 0.25) is 0 Å². The fourth-order valence-electron chi connectivity index (χ4n) is 4.14. The molecular weight excluding hydrogens is 380 g/mol. The Balaban J connectivity index is 1.38. The summed E-state index contributed by atoms with van der Waals surface area (Å²) in [6.07, 6.45) is 1.65. The average Bonchev–Trinajstić information content (AvgIpc) is 3.36. The molecular formula is C23H24N4O3. The van der Waals surface area contributed by atoms with Crippen LogP contribution in [0, 0.1) is 6.92 Å². The van der Waals surface area contributed by atoms with Crippen LogP contribution in [0.15, 0.2) is 39.3 Å². The van der Waals surface area contributed by atoms with Gasteiger partial charge in [-0.25, -0.2) is 9.97 Å². The molecule has 1 saturated heterocycles. The number of fused-ring (bicyclic) bond motifs is 2. The van der Waals surface area contributed by atoms with Gasteiger partial charge in [-0.2, -0.15) is 0 Å². The Hall–Kier alpha value is -3.22. The van der Waals surface area contributed by atoms with E-state index in [1.54, 1.807) is 0 Å². The zero-order valence-corrected chi connectivity index (χ0v) is 17.4. The number of carbonyl (C=O) groups excluding carboxylic acids is 1. The van der Waals surface area contributed by atoms with Crippen molar-refractivity contribution in [2.24, 2.45) is 0 Å². The molecule has 30 heavy (non-hydrogen) atoms. The van der Waals surface area contributed by atoms with Gasteiger partial charge in [-0.05, 0) is 43.9 Å². The maximum atomic E-state index is 13.4. The van der Waals surface area contributed by atoms with Gasteiger partial charge in [0, 0.05) is 24.7 Å². The van der Waals surface area contributed by atoms with Crippen molar-refractivity contribution in [1.82, 2.24) is 20.0 Å². The van der Waals surface area contributed by atoms with Crippen molar-refractivity contribution in [2.45, 2.75) is 45.4 Å². The highest BCUT2D eigenvalue weighted by Gasteiger charge is 2.29.